The van der Waals surface area contributed by atoms with Crippen LogP contribution in [0.3, 0.4) is 0 Å². The Morgan fingerprint density at radius 3 is 2.65 bits per heavy atom. The highest BCUT2D eigenvalue weighted by Crippen LogP contribution is 2.33. The van der Waals surface area contributed by atoms with Crippen molar-refractivity contribution >= 4 is 5.91 Å². The number of halogens is 3. The Labute approximate surface area is 133 Å². The number of rotatable bonds is 3. The first kappa shape index (κ1) is 16.3. The fourth-order valence-corrected chi connectivity index (χ4v) is 3.74. The van der Waals surface area contributed by atoms with Gasteiger partial charge in [-0.05, 0) is 37.7 Å². The summed E-state index contributed by atoms with van der Waals surface area (Å²) in [6, 6.07) is 1.08. The zero-order valence-electron chi connectivity index (χ0n) is 13.0. The molecule has 0 bridgehead atoms. The molecule has 3 rings (SSSR count). The molecule has 7 heteroatoms. The lowest BCUT2D eigenvalue weighted by Crippen LogP contribution is -2.39. The minimum Gasteiger partial charge on any atom is -0.342 e. The van der Waals surface area contributed by atoms with Crippen LogP contribution >= 0.6 is 0 Å². The Hall–Kier alpha value is -1.53. The number of nitrogens with one attached hydrogen (secondary N) is 1. The van der Waals surface area contributed by atoms with Crippen molar-refractivity contribution in [3.8, 4) is 0 Å². The summed E-state index contributed by atoms with van der Waals surface area (Å²) in [5.74, 6) is 0.559. The lowest BCUT2D eigenvalue weighted by molar-refractivity contribution is -0.141. The van der Waals surface area contributed by atoms with E-state index in [9.17, 15) is 18.0 Å². The van der Waals surface area contributed by atoms with Crippen molar-refractivity contribution in [2.24, 2.45) is 5.92 Å². The highest BCUT2D eigenvalue weighted by atomic mass is 19.4. The van der Waals surface area contributed by atoms with Gasteiger partial charge in [-0.15, -0.1) is 0 Å². The van der Waals surface area contributed by atoms with Crippen LogP contribution in [-0.4, -0.2) is 34.1 Å². The predicted octanol–water partition coefficient (Wildman–Crippen LogP) is 3.71. The summed E-state index contributed by atoms with van der Waals surface area (Å²) >= 11 is 0. The SMILES string of the molecule is O=C(CC1CCCC1)N1CCC[C@@H](c2cc(C(F)(F)F)n[nH]2)C1. The van der Waals surface area contributed by atoms with Crippen LogP contribution in [0.25, 0.3) is 0 Å². The van der Waals surface area contributed by atoms with Gasteiger partial charge in [-0.1, -0.05) is 12.8 Å². The molecule has 1 N–H and O–H groups in total. The summed E-state index contributed by atoms with van der Waals surface area (Å²) in [5.41, 5.74) is -0.405. The van der Waals surface area contributed by atoms with Crippen LogP contribution in [0.4, 0.5) is 13.2 Å². The molecule has 1 saturated carbocycles. The third kappa shape index (κ3) is 3.87. The number of likely N-dealkylation sites (tertiary alicyclic amines) is 1. The van der Waals surface area contributed by atoms with Gasteiger partial charge in [-0.3, -0.25) is 9.89 Å². The second kappa shape index (κ2) is 6.53. The van der Waals surface area contributed by atoms with Gasteiger partial charge in [0.2, 0.25) is 5.91 Å². The normalized spacial score (nSPS) is 23.4. The molecule has 1 aliphatic carbocycles. The molecule has 2 aliphatic rings. The van der Waals surface area contributed by atoms with E-state index in [4.69, 9.17) is 0 Å². The van der Waals surface area contributed by atoms with E-state index in [0.717, 1.165) is 31.7 Å². The fourth-order valence-electron chi connectivity index (χ4n) is 3.74. The topological polar surface area (TPSA) is 49.0 Å². The van der Waals surface area contributed by atoms with Gasteiger partial charge >= 0.3 is 6.18 Å². The number of carbonyl (C=O) groups excluding carboxylic acids is 1. The average molecular weight is 329 g/mol. The molecule has 0 aromatic carbocycles. The number of aromatic nitrogens is 2. The lowest BCUT2D eigenvalue weighted by Gasteiger charge is -2.33. The maximum absolute atomic E-state index is 12.7. The summed E-state index contributed by atoms with van der Waals surface area (Å²) in [5, 5.41) is 5.87. The van der Waals surface area contributed by atoms with Gasteiger partial charge in [-0.2, -0.15) is 18.3 Å². The van der Waals surface area contributed by atoms with E-state index in [-0.39, 0.29) is 11.8 Å². The highest BCUT2D eigenvalue weighted by molar-refractivity contribution is 5.76. The molecule has 128 valence electrons. The molecule has 0 unspecified atom stereocenters. The largest absolute Gasteiger partial charge is 0.435 e. The Morgan fingerprint density at radius 2 is 2.00 bits per heavy atom. The molecule has 23 heavy (non-hydrogen) atoms. The van der Waals surface area contributed by atoms with E-state index >= 15 is 0 Å². The van der Waals surface area contributed by atoms with E-state index in [1.165, 1.54) is 12.8 Å². The second-order valence-electron chi connectivity index (χ2n) is 6.74. The number of alkyl halides is 3. The van der Waals surface area contributed by atoms with Crippen LogP contribution < -0.4 is 0 Å². The Bertz CT molecular complexity index is 549. The smallest absolute Gasteiger partial charge is 0.342 e. The third-order valence-corrected chi connectivity index (χ3v) is 5.04. The van der Waals surface area contributed by atoms with E-state index < -0.39 is 11.9 Å². The van der Waals surface area contributed by atoms with Gasteiger partial charge in [0.05, 0.1) is 0 Å². The Kier molecular flexibility index (Phi) is 4.64. The van der Waals surface area contributed by atoms with E-state index in [1.54, 1.807) is 0 Å². The number of aromatic amines is 1. The number of nitrogens with zero attached hydrogens (tertiary/aromatic N) is 2. The number of H-pyrrole nitrogens is 1. The maximum atomic E-state index is 12.7. The summed E-state index contributed by atoms with van der Waals surface area (Å²) in [6.07, 6.45) is 2.42. The quantitative estimate of drug-likeness (QED) is 0.919. The van der Waals surface area contributed by atoms with Crippen molar-refractivity contribution in [2.45, 2.75) is 57.0 Å². The van der Waals surface area contributed by atoms with Gasteiger partial charge in [0.15, 0.2) is 5.69 Å². The molecule has 1 atom stereocenters. The van der Waals surface area contributed by atoms with Gasteiger partial charge in [0.1, 0.15) is 0 Å². The number of carbonyl (C=O) groups is 1. The third-order valence-electron chi connectivity index (χ3n) is 5.04. The van der Waals surface area contributed by atoms with Crippen molar-refractivity contribution in [1.29, 1.82) is 0 Å². The molecule has 2 fully saturated rings. The number of piperidine rings is 1. The molecule has 1 saturated heterocycles. The molecular weight excluding hydrogens is 307 g/mol. The van der Waals surface area contributed by atoms with Gasteiger partial charge < -0.3 is 4.90 Å². The standard InChI is InChI=1S/C16H22F3N3O/c17-16(18,19)14-9-13(20-21-14)12-6-3-7-22(10-12)15(23)8-11-4-1-2-5-11/h9,11-12H,1-8,10H2,(H,20,21)/t12-/m1/s1. The zero-order chi connectivity index (χ0) is 16.4. The summed E-state index contributed by atoms with van der Waals surface area (Å²) in [7, 11) is 0. The molecule has 2 heterocycles. The number of hydrogen-bond donors (Lipinski definition) is 1. The van der Waals surface area contributed by atoms with Crippen molar-refractivity contribution < 1.29 is 18.0 Å². The van der Waals surface area contributed by atoms with Gasteiger partial charge in [-0.25, -0.2) is 0 Å². The summed E-state index contributed by atoms with van der Waals surface area (Å²) in [6.45, 7) is 1.20. The van der Waals surface area contributed by atoms with Crippen LogP contribution in [0.1, 0.15) is 62.3 Å². The monoisotopic (exact) mass is 329 g/mol. The summed E-state index contributed by atoms with van der Waals surface area (Å²) < 4.78 is 38.0. The lowest BCUT2D eigenvalue weighted by atomic mass is 9.93. The predicted molar refractivity (Wildman–Crippen MR) is 78.7 cm³/mol. The van der Waals surface area contributed by atoms with Crippen molar-refractivity contribution in [1.82, 2.24) is 15.1 Å². The molecule has 1 aromatic rings. The van der Waals surface area contributed by atoms with Crippen LogP contribution in [0.2, 0.25) is 0 Å². The number of hydrogen-bond acceptors (Lipinski definition) is 2. The molecule has 4 nitrogen and oxygen atoms in total. The van der Waals surface area contributed by atoms with Crippen LogP contribution in [-0.2, 0) is 11.0 Å². The minimum absolute atomic E-state index is 0.0834. The van der Waals surface area contributed by atoms with Gasteiger partial charge in [0, 0.05) is 31.1 Å². The Morgan fingerprint density at radius 1 is 1.26 bits per heavy atom. The van der Waals surface area contributed by atoms with E-state index in [1.807, 2.05) is 4.90 Å². The van der Waals surface area contributed by atoms with Crippen molar-refractivity contribution in [3.05, 3.63) is 17.5 Å². The Balaban J connectivity index is 1.61. The first-order valence-corrected chi connectivity index (χ1v) is 8.34. The van der Waals surface area contributed by atoms with Crippen LogP contribution in [0.15, 0.2) is 6.07 Å². The molecule has 0 radical (unpaired) electrons. The highest BCUT2D eigenvalue weighted by Gasteiger charge is 2.35. The van der Waals surface area contributed by atoms with E-state index in [0.29, 0.717) is 31.1 Å². The second-order valence-corrected chi connectivity index (χ2v) is 6.74. The fraction of sp³-hybridized carbons (Fsp3) is 0.750. The van der Waals surface area contributed by atoms with Crippen molar-refractivity contribution in [3.63, 3.8) is 0 Å². The van der Waals surface area contributed by atoms with Gasteiger partial charge in [0.25, 0.3) is 0 Å². The first-order chi connectivity index (χ1) is 10.9. The minimum atomic E-state index is -4.43. The molecule has 1 aromatic heterocycles. The maximum Gasteiger partial charge on any atom is 0.435 e. The zero-order valence-corrected chi connectivity index (χ0v) is 13.0. The van der Waals surface area contributed by atoms with Crippen LogP contribution in [0.5, 0.6) is 0 Å². The molecule has 0 spiro atoms. The van der Waals surface area contributed by atoms with E-state index in [2.05, 4.69) is 10.2 Å². The molecule has 1 aliphatic heterocycles. The van der Waals surface area contributed by atoms with Crippen LogP contribution in [0, 0.1) is 5.92 Å². The summed E-state index contributed by atoms with van der Waals surface area (Å²) in [4.78, 5) is 14.2. The molecule has 1 amide bonds. The van der Waals surface area contributed by atoms with Crippen molar-refractivity contribution in [2.75, 3.05) is 13.1 Å². The number of amides is 1. The average Bonchev–Trinajstić information content (AvgIpc) is 3.18. The first-order valence-electron chi connectivity index (χ1n) is 8.34. The molecular formula is C16H22F3N3O.